The van der Waals surface area contributed by atoms with Crippen molar-refractivity contribution in [1.29, 1.82) is 0 Å². The van der Waals surface area contributed by atoms with Gasteiger partial charge >= 0.3 is 0 Å². The van der Waals surface area contributed by atoms with E-state index < -0.39 is 0 Å². The van der Waals surface area contributed by atoms with E-state index in [2.05, 4.69) is 36.5 Å². The number of rotatable bonds is 5. The van der Waals surface area contributed by atoms with Crippen molar-refractivity contribution in [3.63, 3.8) is 0 Å². The van der Waals surface area contributed by atoms with Gasteiger partial charge in [-0.1, -0.05) is 50.5 Å². The maximum Gasteiger partial charge on any atom is -0.00462 e. The molecule has 1 aromatic carbocycles. The summed E-state index contributed by atoms with van der Waals surface area (Å²) >= 11 is 0. The lowest BCUT2D eigenvalue weighted by molar-refractivity contribution is 0.443. The maximum atomic E-state index is 3.23. The second-order valence-electron chi connectivity index (χ2n) is 5.79. The molecule has 2 rings (SSSR count). The molecule has 0 heterocycles. The first kappa shape index (κ1) is 13.6. The molecule has 0 bridgehead atoms. The summed E-state index contributed by atoms with van der Waals surface area (Å²) in [6, 6.07) is 9.46. The van der Waals surface area contributed by atoms with Gasteiger partial charge in [0.25, 0.3) is 0 Å². The Morgan fingerprint density at radius 2 is 1.78 bits per heavy atom. The third-order valence-electron chi connectivity index (χ3n) is 4.41. The SMILES string of the molecule is CNCCC(C)c1ccc(C2CCCCC2)cc1. The molecule has 1 fully saturated rings. The normalized spacial score (nSPS) is 18.8. The van der Waals surface area contributed by atoms with Crippen molar-refractivity contribution >= 4 is 0 Å². The molecule has 0 radical (unpaired) electrons. The van der Waals surface area contributed by atoms with Gasteiger partial charge in [0, 0.05) is 0 Å². The van der Waals surface area contributed by atoms with Gasteiger partial charge in [0.2, 0.25) is 0 Å². The highest BCUT2D eigenvalue weighted by Crippen LogP contribution is 2.33. The zero-order chi connectivity index (χ0) is 12.8. The van der Waals surface area contributed by atoms with Crippen molar-refractivity contribution in [2.45, 2.75) is 57.3 Å². The lowest BCUT2D eigenvalue weighted by atomic mass is 9.83. The van der Waals surface area contributed by atoms with Crippen molar-refractivity contribution in [2.24, 2.45) is 0 Å². The van der Waals surface area contributed by atoms with E-state index in [1.54, 1.807) is 5.56 Å². The molecule has 0 saturated heterocycles. The van der Waals surface area contributed by atoms with Crippen LogP contribution in [0.5, 0.6) is 0 Å². The van der Waals surface area contributed by atoms with Gasteiger partial charge in [-0.3, -0.25) is 0 Å². The summed E-state index contributed by atoms with van der Waals surface area (Å²) in [5.41, 5.74) is 3.06. The number of nitrogens with one attached hydrogen (secondary N) is 1. The third kappa shape index (κ3) is 3.58. The molecule has 0 amide bonds. The van der Waals surface area contributed by atoms with Crippen molar-refractivity contribution in [1.82, 2.24) is 5.32 Å². The van der Waals surface area contributed by atoms with Crippen LogP contribution in [0, 0.1) is 0 Å². The molecule has 1 saturated carbocycles. The first-order valence-corrected chi connectivity index (χ1v) is 7.55. The smallest absolute Gasteiger partial charge is 0.00462 e. The summed E-state index contributed by atoms with van der Waals surface area (Å²) in [6.45, 7) is 3.43. The summed E-state index contributed by atoms with van der Waals surface area (Å²) in [5, 5.41) is 3.23. The summed E-state index contributed by atoms with van der Waals surface area (Å²) in [4.78, 5) is 0. The average Bonchev–Trinajstić information content (AvgIpc) is 2.46. The van der Waals surface area contributed by atoms with Gasteiger partial charge in [-0.05, 0) is 55.8 Å². The highest BCUT2D eigenvalue weighted by Gasteiger charge is 2.15. The fourth-order valence-corrected chi connectivity index (χ4v) is 3.06. The Hall–Kier alpha value is -0.820. The Kier molecular flexibility index (Phi) is 5.25. The zero-order valence-corrected chi connectivity index (χ0v) is 11.9. The van der Waals surface area contributed by atoms with Gasteiger partial charge < -0.3 is 5.32 Å². The van der Waals surface area contributed by atoms with Crippen molar-refractivity contribution < 1.29 is 0 Å². The van der Waals surface area contributed by atoms with Gasteiger partial charge in [0.1, 0.15) is 0 Å². The highest BCUT2D eigenvalue weighted by molar-refractivity contribution is 5.27. The van der Waals surface area contributed by atoms with Crippen LogP contribution in [0.2, 0.25) is 0 Å². The van der Waals surface area contributed by atoms with Crippen LogP contribution in [0.3, 0.4) is 0 Å². The molecule has 1 N–H and O–H groups in total. The standard InChI is InChI=1S/C17H27N/c1-14(12-13-18-2)15-8-10-17(11-9-15)16-6-4-3-5-7-16/h8-11,14,16,18H,3-7,12-13H2,1-2H3. The second-order valence-corrected chi connectivity index (χ2v) is 5.79. The molecule has 1 aliphatic carbocycles. The monoisotopic (exact) mass is 245 g/mol. The van der Waals surface area contributed by atoms with Crippen molar-refractivity contribution in [3.05, 3.63) is 35.4 Å². The molecule has 18 heavy (non-hydrogen) atoms. The molecule has 1 unspecified atom stereocenters. The van der Waals surface area contributed by atoms with Gasteiger partial charge in [-0.15, -0.1) is 0 Å². The number of hydrogen-bond acceptors (Lipinski definition) is 1. The molecule has 1 heteroatoms. The minimum Gasteiger partial charge on any atom is -0.320 e. The zero-order valence-electron chi connectivity index (χ0n) is 11.9. The Bertz CT molecular complexity index is 335. The summed E-state index contributed by atoms with van der Waals surface area (Å²) in [5.74, 6) is 1.50. The van der Waals surface area contributed by atoms with E-state index in [4.69, 9.17) is 0 Å². The third-order valence-corrected chi connectivity index (χ3v) is 4.41. The maximum absolute atomic E-state index is 3.23. The minimum atomic E-state index is 0.665. The fraction of sp³-hybridized carbons (Fsp3) is 0.647. The largest absolute Gasteiger partial charge is 0.320 e. The summed E-state index contributed by atoms with van der Waals surface area (Å²) < 4.78 is 0. The van der Waals surface area contributed by atoms with Crippen LogP contribution < -0.4 is 5.32 Å². The summed E-state index contributed by atoms with van der Waals surface area (Å²) in [7, 11) is 2.03. The highest BCUT2D eigenvalue weighted by atomic mass is 14.8. The Labute approximate surface area is 112 Å². The molecule has 1 nitrogen and oxygen atoms in total. The molecule has 0 spiro atoms. The molecule has 0 aromatic heterocycles. The quantitative estimate of drug-likeness (QED) is 0.808. The second kappa shape index (κ2) is 6.94. The van der Waals surface area contributed by atoms with E-state index in [0.717, 1.165) is 12.5 Å². The van der Waals surface area contributed by atoms with Crippen LogP contribution in [0.4, 0.5) is 0 Å². The van der Waals surface area contributed by atoms with E-state index in [1.165, 1.54) is 44.1 Å². The lowest BCUT2D eigenvalue weighted by Gasteiger charge is -2.22. The first-order chi connectivity index (χ1) is 8.81. The average molecular weight is 245 g/mol. The summed E-state index contributed by atoms with van der Waals surface area (Å²) in [6.07, 6.45) is 8.30. The molecule has 100 valence electrons. The van der Waals surface area contributed by atoms with Crippen LogP contribution in [0.15, 0.2) is 24.3 Å². The molecule has 1 aromatic rings. The van der Waals surface area contributed by atoms with Crippen LogP contribution in [0.1, 0.15) is 68.4 Å². The first-order valence-electron chi connectivity index (χ1n) is 7.55. The van der Waals surface area contributed by atoms with Crippen LogP contribution >= 0.6 is 0 Å². The van der Waals surface area contributed by atoms with Gasteiger partial charge in [-0.25, -0.2) is 0 Å². The van der Waals surface area contributed by atoms with E-state index in [1.807, 2.05) is 7.05 Å². The predicted molar refractivity (Wildman–Crippen MR) is 79.2 cm³/mol. The van der Waals surface area contributed by atoms with Crippen LogP contribution in [0.25, 0.3) is 0 Å². The Morgan fingerprint density at radius 3 is 2.39 bits per heavy atom. The van der Waals surface area contributed by atoms with E-state index in [0.29, 0.717) is 5.92 Å². The predicted octanol–water partition coefficient (Wildman–Crippen LogP) is 4.45. The molecule has 1 atom stereocenters. The lowest BCUT2D eigenvalue weighted by Crippen LogP contribution is -2.10. The molecule has 0 aliphatic heterocycles. The fourth-order valence-electron chi connectivity index (χ4n) is 3.06. The van der Waals surface area contributed by atoms with Gasteiger partial charge in [0.05, 0.1) is 0 Å². The minimum absolute atomic E-state index is 0.665. The van der Waals surface area contributed by atoms with Crippen LogP contribution in [-0.4, -0.2) is 13.6 Å². The van der Waals surface area contributed by atoms with E-state index >= 15 is 0 Å². The number of hydrogen-bond donors (Lipinski definition) is 1. The Morgan fingerprint density at radius 1 is 1.11 bits per heavy atom. The number of benzene rings is 1. The van der Waals surface area contributed by atoms with Gasteiger partial charge in [-0.2, -0.15) is 0 Å². The van der Waals surface area contributed by atoms with Crippen LogP contribution in [-0.2, 0) is 0 Å². The van der Waals surface area contributed by atoms with Crippen molar-refractivity contribution in [3.8, 4) is 0 Å². The molecular weight excluding hydrogens is 218 g/mol. The van der Waals surface area contributed by atoms with E-state index in [9.17, 15) is 0 Å². The molecule has 1 aliphatic rings. The van der Waals surface area contributed by atoms with E-state index in [-0.39, 0.29) is 0 Å². The Balaban J connectivity index is 1.95. The van der Waals surface area contributed by atoms with Crippen molar-refractivity contribution in [2.75, 3.05) is 13.6 Å². The molecular formula is C17H27N. The topological polar surface area (TPSA) is 12.0 Å². The van der Waals surface area contributed by atoms with Gasteiger partial charge in [0.15, 0.2) is 0 Å².